The van der Waals surface area contributed by atoms with Crippen LogP contribution >= 0.6 is 0 Å². The van der Waals surface area contributed by atoms with Crippen LogP contribution < -0.4 is 0 Å². The van der Waals surface area contributed by atoms with Gasteiger partial charge in [-0.3, -0.25) is 0 Å². The van der Waals surface area contributed by atoms with Gasteiger partial charge in [-0.1, -0.05) is 0 Å². The van der Waals surface area contributed by atoms with E-state index in [1.165, 1.54) is 0 Å². The predicted octanol–water partition coefficient (Wildman–Crippen LogP) is 2.20. The molecule has 0 heterocycles. The highest BCUT2D eigenvalue weighted by Gasteiger charge is 2.70. The quantitative estimate of drug-likeness (QED) is 0.586. The number of fused-ring (bicyclic) bond motifs is 2. The summed E-state index contributed by atoms with van der Waals surface area (Å²) in [6.07, 6.45) is 1.61. The van der Waals surface area contributed by atoms with Gasteiger partial charge in [-0.2, -0.15) is 17.6 Å². The maximum absolute atomic E-state index is 13.6. The molecular formula is C9H11F4O3S-. The van der Waals surface area contributed by atoms with E-state index in [0.29, 0.717) is 25.7 Å². The van der Waals surface area contributed by atoms with Crippen LogP contribution in [-0.2, 0) is 10.1 Å². The molecule has 2 rings (SSSR count). The van der Waals surface area contributed by atoms with Gasteiger partial charge in [0.25, 0.3) is 0 Å². The Morgan fingerprint density at radius 2 is 1.29 bits per heavy atom. The highest BCUT2D eigenvalue weighted by atomic mass is 32.2. The van der Waals surface area contributed by atoms with Crippen molar-refractivity contribution in [2.45, 2.75) is 36.9 Å². The van der Waals surface area contributed by atoms with Crippen molar-refractivity contribution in [3.05, 3.63) is 0 Å². The summed E-state index contributed by atoms with van der Waals surface area (Å²) in [5.74, 6) is -7.64. The highest BCUT2D eigenvalue weighted by Crippen LogP contribution is 2.59. The lowest BCUT2D eigenvalue weighted by atomic mass is 9.90. The van der Waals surface area contributed by atoms with Gasteiger partial charge in [0.1, 0.15) is 0 Å². The molecule has 2 aliphatic carbocycles. The van der Waals surface area contributed by atoms with Gasteiger partial charge in [0, 0.05) is 5.92 Å². The summed E-state index contributed by atoms with van der Waals surface area (Å²) in [4.78, 5) is 0. The average Bonchev–Trinajstić information content (AvgIpc) is 2.74. The third-order valence-corrected chi connectivity index (χ3v) is 4.85. The zero-order valence-electron chi connectivity index (χ0n) is 8.71. The Morgan fingerprint density at radius 3 is 1.59 bits per heavy atom. The summed E-state index contributed by atoms with van der Waals surface area (Å²) in [5, 5.41) is -5.52. The Kier molecular flexibility index (Phi) is 2.74. The van der Waals surface area contributed by atoms with Crippen LogP contribution in [0.5, 0.6) is 0 Å². The first-order valence-corrected chi connectivity index (χ1v) is 6.71. The van der Waals surface area contributed by atoms with Crippen molar-refractivity contribution in [3.8, 4) is 0 Å². The lowest BCUT2D eigenvalue weighted by molar-refractivity contribution is -0.202. The molecule has 2 saturated carbocycles. The van der Waals surface area contributed by atoms with E-state index in [0.717, 1.165) is 0 Å². The van der Waals surface area contributed by atoms with Crippen LogP contribution in [0.4, 0.5) is 17.6 Å². The van der Waals surface area contributed by atoms with Crippen LogP contribution in [0.25, 0.3) is 0 Å². The zero-order chi connectivity index (χ0) is 13.1. The summed E-state index contributed by atoms with van der Waals surface area (Å²) < 4.78 is 84.3. The number of rotatable bonds is 3. The second-order valence-electron chi connectivity index (χ2n) is 4.79. The van der Waals surface area contributed by atoms with Crippen LogP contribution in [0.2, 0.25) is 0 Å². The average molecular weight is 275 g/mol. The Bertz CT molecular complexity index is 400. The van der Waals surface area contributed by atoms with Crippen molar-refractivity contribution < 1.29 is 30.5 Å². The third-order valence-electron chi connectivity index (χ3n) is 3.95. The van der Waals surface area contributed by atoms with Gasteiger partial charge in [0.2, 0.25) is 0 Å². The van der Waals surface area contributed by atoms with E-state index in [1.807, 2.05) is 0 Å². The first-order chi connectivity index (χ1) is 7.59. The van der Waals surface area contributed by atoms with E-state index >= 15 is 0 Å². The molecule has 0 atom stereocenters. The number of hydrogen-bond acceptors (Lipinski definition) is 3. The monoisotopic (exact) mass is 275 g/mol. The summed E-state index contributed by atoms with van der Waals surface area (Å²) >= 11 is 0. The first kappa shape index (κ1) is 13.1. The predicted molar refractivity (Wildman–Crippen MR) is 48.5 cm³/mol. The minimum absolute atomic E-state index is 0.403. The van der Waals surface area contributed by atoms with Crippen molar-refractivity contribution in [2.24, 2.45) is 17.8 Å². The van der Waals surface area contributed by atoms with Crippen molar-refractivity contribution >= 4 is 10.1 Å². The molecule has 0 saturated heterocycles. The zero-order valence-corrected chi connectivity index (χ0v) is 9.52. The molecule has 0 aromatic carbocycles. The normalized spacial score (nSPS) is 34.3. The van der Waals surface area contributed by atoms with Crippen LogP contribution in [0.1, 0.15) is 25.7 Å². The molecule has 2 fully saturated rings. The van der Waals surface area contributed by atoms with Crippen LogP contribution in [-0.4, -0.2) is 24.1 Å². The van der Waals surface area contributed by atoms with E-state index in [-0.39, 0.29) is 0 Å². The summed E-state index contributed by atoms with van der Waals surface area (Å²) in [6, 6.07) is 0. The van der Waals surface area contributed by atoms with E-state index in [9.17, 15) is 30.5 Å². The third kappa shape index (κ3) is 1.68. The van der Waals surface area contributed by atoms with Gasteiger partial charge in [0.05, 0.1) is 0 Å². The maximum Gasteiger partial charge on any atom is 0.396 e. The Hall–Kier alpha value is -0.370. The lowest BCUT2D eigenvalue weighted by Crippen LogP contribution is -2.52. The second-order valence-corrected chi connectivity index (χ2v) is 6.22. The molecule has 3 nitrogen and oxygen atoms in total. The van der Waals surface area contributed by atoms with Crippen molar-refractivity contribution in [2.75, 3.05) is 0 Å². The van der Waals surface area contributed by atoms with Crippen molar-refractivity contribution in [1.82, 2.24) is 0 Å². The largest absolute Gasteiger partial charge is 0.743 e. The van der Waals surface area contributed by atoms with Gasteiger partial charge in [0.15, 0.2) is 10.1 Å². The number of alkyl halides is 4. The molecular weight excluding hydrogens is 264 g/mol. The molecule has 0 radical (unpaired) electrons. The fraction of sp³-hybridized carbons (Fsp3) is 1.00. The summed E-state index contributed by atoms with van der Waals surface area (Å²) in [6.45, 7) is 0. The molecule has 17 heavy (non-hydrogen) atoms. The molecule has 0 aliphatic heterocycles. The van der Waals surface area contributed by atoms with Gasteiger partial charge in [-0.05, 0) is 37.5 Å². The number of hydrogen-bond donors (Lipinski definition) is 0. The summed E-state index contributed by atoms with van der Waals surface area (Å²) in [5.41, 5.74) is 0. The smallest absolute Gasteiger partial charge is 0.396 e. The Labute approximate surface area is 95.9 Å². The van der Waals surface area contributed by atoms with E-state index in [2.05, 4.69) is 0 Å². The molecule has 100 valence electrons. The van der Waals surface area contributed by atoms with Gasteiger partial charge in [-0.15, -0.1) is 0 Å². The van der Waals surface area contributed by atoms with Crippen LogP contribution in [0.3, 0.4) is 0 Å². The van der Waals surface area contributed by atoms with Crippen LogP contribution in [0, 0.1) is 17.8 Å². The molecule has 0 aromatic heterocycles. The number of halogens is 4. The maximum atomic E-state index is 13.6. The van der Waals surface area contributed by atoms with Gasteiger partial charge >= 0.3 is 11.2 Å². The molecule has 0 aromatic rings. The Balaban J connectivity index is 2.37. The van der Waals surface area contributed by atoms with Gasteiger partial charge < -0.3 is 4.55 Å². The van der Waals surface area contributed by atoms with E-state index in [1.54, 1.807) is 0 Å². The first-order valence-electron chi connectivity index (χ1n) is 5.30. The molecule has 2 aliphatic rings. The fourth-order valence-corrected chi connectivity index (χ4v) is 3.67. The SMILES string of the molecule is O=S(=O)([O-])C(F)(F)C(F)(F)C1C2CCC1CC2. The molecule has 0 spiro atoms. The minimum atomic E-state index is -6.35. The topological polar surface area (TPSA) is 57.2 Å². The van der Waals surface area contributed by atoms with Crippen molar-refractivity contribution in [3.63, 3.8) is 0 Å². The van der Waals surface area contributed by atoms with Crippen molar-refractivity contribution in [1.29, 1.82) is 0 Å². The highest BCUT2D eigenvalue weighted by molar-refractivity contribution is 7.86. The van der Waals surface area contributed by atoms with Gasteiger partial charge in [-0.25, -0.2) is 8.42 Å². The Morgan fingerprint density at radius 1 is 0.941 bits per heavy atom. The van der Waals surface area contributed by atoms with E-state index < -0.39 is 39.0 Å². The second kappa shape index (κ2) is 3.57. The molecule has 0 amide bonds. The fourth-order valence-electron chi connectivity index (χ4n) is 3.20. The molecule has 0 N–H and O–H groups in total. The molecule has 0 unspecified atom stereocenters. The van der Waals surface area contributed by atoms with E-state index in [4.69, 9.17) is 0 Å². The lowest BCUT2D eigenvalue weighted by Gasteiger charge is -2.34. The summed E-state index contributed by atoms with van der Waals surface area (Å²) in [7, 11) is -6.35. The molecule has 2 bridgehead atoms. The van der Waals surface area contributed by atoms with Crippen LogP contribution in [0.15, 0.2) is 0 Å². The standard InChI is InChI=1S/C9H12F4O3S/c10-8(11,9(12,13)17(14,15)16)7-5-1-2-6(7)4-3-5/h5-7H,1-4H2,(H,14,15,16)/p-1. The minimum Gasteiger partial charge on any atom is -0.743 e. The molecule has 8 heteroatoms.